The first-order valence-electron chi connectivity index (χ1n) is 6.18. The average molecular weight is 265 g/mol. The van der Waals surface area contributed by atoms with Crippen molar-refractivity contribution in [2.75, 3.05) is 19.3 Å². The summed E-state index contributed by atoms with van der Waals surface area (Å²) in [6.45, 7) is 4.42. The van der Waals surface area contributed by atoms with E-state index in [1.807, 2.05) is 6.92 Å². The Morgan fingerprint density at radius 3 is 2.56 bits per heavy atom. The van der Waals surface area contributed by atoms with Crippen LogP contribution in [0.15, 0.2) is 29.2 Å². The van der Waals surface area contributed by atoms with Crippen molar-refractivity contribution in [2.45, 2.75) is 18.4 Å². The van der Waals surface area contributed by atoms with E-state index in [4.69, 9.17) is 5.11 Å². The van der Waals surface area contributed by atoms with Crippen molar-refractivity contribution in [1.29, 1.82) is 0 Å². The van der Waals surface area contributed by atoms with E-state index in [0.29, 0.717) is 6.54 Å². The number of carboxylic acid groups (broad SMARTS) is 1. The molecule has 0 amide bonds. The van der Waals surface area contributed by atoms with Gasteiger partial charge in [-0.05, 0) is 29.9 Å². The molecule has 0 aromatic heterocycles. The molecule has 1 fully saturated rings. The van der Waals surface area contributed by atoms with Crippen LogP contribution in [0.5, 0.6) is 0 Å². The molecule has 1 aromatic carbocycles. The second kappa shape index (κ2) is 5.76. The zero-order valence-corrected chi connectivity index (χ0v) is 11.6. The normalized spacial score (nSPS) is 24.3. The number of nitrogens with zero attached hydrogens (tertiary/aromatic N) is 1. The Labute approximate surface area is 112 Å². The highest BCUT2D eigenvalue weighted by molar-refractivity contribution is 7.98. The molecule has 0 aliphatic carbocycles. The molecule has 1 heterocycles. The summed E-state index contributed by atoms with van der Waals surface area (Å²) in [5.74, 6) is -0.633. The van der Waals surface area contributed by atoms with Crippen LogP contribution in [0.4, 0.5) is 0 Å². The maximum absolute atomic E-state index is 11.1. The predicted octanol–water partition coefficient (Wildman–Crippen LogP) is 2.56. The fourth-order valence-corrected chi connectivity index (χ4v) is 2.92. The number of benzene rings is 1. The van der Waals surface area contributed by atoms with E-state index in [-0.39, 0.29) is 11.8 Å². The summed E-state index contributed by atoms with van der Waals surface area (Å²) >= 11 is 1.73. The molecule has 1 aliphatic heterocycles. The van der Waals surface area contributed by atoms with E-state index in [9.17, 15) is 4.79 Å². The highest BCUT2D eigenvalue weighted by Gasteiger charge is 2.34. The van der Waals surface area contributed by atoms with Gasteiger partial charge in [0, 0.05) is 24.5 Å². The van der Waals surface area contributed by atoms with Crippen LogP contribution < -0.4 is 0 Å². The van der Waals surface area contributed by atoms with Crippen molar-refractivity contribution < 1.29 is 9.90 Å². The second-order valence-electron chi connectivity index (χ2n) is 4.96. The molecule has 0 spiro atoms. The van der Waals surface area contributed by atoms with E-state index < -0.39 is 5.97 Å². The lowest BCUT2D eigenvalue weighted by atomic mass is 9.99. The standard InChI is InChI=1S/C14H19NO2S/c1-10-7-15(9-13(10)14(16)17)8-11-3-5-12(18-2)6-4-11/h3-6,10,13H,7-9H2,1-2H3,(H,16,17)/t10-,13-/m1/s1. The lowest BCUT2D eigenvalue weighted by Crippen LogP contribution is -2.23. The van der Waals surface area contributed by atoms with Crippen molar-refractivity contribution >= 4 is 17.7 Å². The third-order valence-electron chi connectivity index (χ3n) is 3.57. The number of aliphatic carboxylic acids is 1. The summed E-state index contributed by atoms with van der Waals surface area (Å²) in [7, 11) is 0. The van der Waals surface area contributed by atoms with Crippen LogP contribution in [0.25, 0.3) is 0 Å². The molecule has 1 aliphatic rings. The highest BCUT2D eigenvalue weighted by Crippen LogP contribution is 2.25. The lowest BCUT2D eigenvalue weighted by Gasteiger charge is -2.15. The van der Waals surface area contributed by atoms with Gasteiger partial charge in [0.1, 0.15) is 0 Å². The van der Waals surface area contributed by atoms with Crippen molar-refractivity contribution in [1.82, 2.24) is 4.90 Å². The van der Waals surface area contributed by atoms with Gasteiger partial charge in [0.05, 0.1) is 5.92 Å². The van der Waals surface area contributed by atoms with Gasteiger partial charge in [-0.25, -0.2) is 0 Å². The molecule has 98 valence electrons. The zero-order valence-electron chi connectivity index (χ0n) is 10.8. The Kier molecular flexibility index (Phi) is 4.30. The minimum atomic E-state index is -0.664. The van der Waals surface area contributed by atoms with Crippen LogP contribution in [0.3, 0.4) is 0 Å². The van der Waals surface area contributed by atoms with Gasteiger partial charge >= 0.3 is 5.97 Å². The van der Waals surface area contributed by atoms with E-state index >= 15 is 0 Å². The summed E-state index contributed by atoms with van der Waals surface area (Å²) in [5, 5.41) is 9.11. The second-order valence-corrected chi connectivity index (χ2v) is 5.84. The van der Waals surface area contributed by atoms with Crippen LogP contribution in [-0.2, 0) is 11.3 Å². The molecule has 0 bridgehead atoms. The molecule has 4 heteroatoms. The van der Waals surface area contributed by atoms with E-state index in [0.717, 1.165) is 13.1 Å². The molecule has 1 aromatic rings. The van der Waals surface area contributed by atoms with Crippen molar-refractivity contribution in [3.8, 4) is 0 Å². The fraction of sp³-hybridized carbons (Fsp3) is 0.500. The summed E-state index contributed by atoms with van der Waals surface area (Å²) in [4.78, 5) is 14.6. The Morgan fingerprint density at radius 1 is 1.39 bits per heavy atom. The Hall–Kier alpha value is -1.00. The Bertz CT molecular complexity index is 418. The molecule has 18 heavy (non-hydrogen) atoms. The third kappa shape index (κ3) is 3.06. The maximum Gasteiger partial charge on any atom is 0.308 e. The fourth-order valence-electron chi connectivity index (χ4n) is 2.51. The first kappa shape index (κ1) is 13.4. The number of hydrogen-bond donors (Lipinski definition) is 1. The van der Waals surface area contributed by atoms with Crippen molar-refractivity contribution in [3.63, 3.8) is 0 Å². The third-order valence-corrected chi connectivity index (χ3v) is 4.31. The van der Waals surface area contributed by atoms with Crippen LogP contribution in [-0.4, -0.2) is 35.3 Å². The first-order chi connectivity index (χ1) is 8.60. The molecule has 2 rings (SSSR count). The molecule has 0 radical (unpaired) electrons. The average Bonchev–Trinajstić information content (AvgIpc) is 2.71. The molecular formula is C14H19NO2S. The smallest absolute Gasteiger partial charge is 0.308 e. The van der Waals surface area contributed by atoms with Gasteiger partial charge < -0.3 is 5.11 Å². The minimum Gasteiger partial charge on any atom is -0.481 e. The largest absolute Gasteiger partial charge is 0.481 e. The molecule has 0 saturated carbocycles. The van der Waals surface area contributed by atoms with E-state index in [1.165, 1.54) is 10.5 Å². The van der Waals surface area contributed by atoms with Gasteiger partial charge in [0.25, 0.3) is 0 Å². The van der Waals surface area contributed by atoms with Gasteiger partial charge in [0.15, 0.2) is 0 Å². The molecule has 3 nitrogen and oxygen atoms in total. The monoisotopic (exact) mass is 265 g/mol. The summed E-state index contributed by atoms with van der Waals surface area (Å²) in [6, 6.07) is 8.50. The van der Waals surface area contributed by atoms with Gasteiger partial charge in [0.2, 0.25) is 0 Å². The van der Waals surface area contributed by atoms with Crippen LogP contribution in [0, 0.1) is 11.8 Å². The van der Waals surface area contributed by atoms with Crippen LogP contribution in [0.1, 0.15) is 12.5 Å². The number of likely N-dealkylation sites (tertiary alicyclic amines) is 1. The number of carboxylic acids is 1. The zero-order chi connectivity index (χ0) is 13.1. The van der Waals surface area contributed by atoms with E-state index in [1.54, 1.807) is 11.8 Å². The van der Waals surface area contributed by atoms with Crippen LogP contribution >= 0.6 is 11.8 Å². The van der Waals surface area contributed by atoms with Gasteiger partial charge in [-0.15, -0.1) is 11.8 Å². The van der Waals surface area contributed by atoms with Crippen molar-refractivity contribution in [3.05, 3.63) is 29.8 Å². The van der Waals surface area contributed by atoms with Crippen LogP contribution in [0.2, 0.25) is 0 Å². The summed E-state index contributed by atoms with van der Waals surface area (Å²) in [6.07, 6.45) is 2.06. The topological polar surface area (TPSA) is 40.5 Å². The van der Waals surface area contributed by atoms with Gasteiger partial charge in [-0.2, -0.15) is 0 Å². The quantitative estimate of drug-likeness (QED) is 0.849. The first-order valence-corrected chi connectivity index (χ1v) is 7.40. The van der Waals surface area contributed by atoms with Gasteiger partial charge in [-0.3, -0.25) is 9.69 Å². The SMILES string of the molecule is CSc1ccc(CN2C[C@@H](C)[C@H](C(=O)O)C2)cc1. The molecule has 1 saturated heterocycles. The summed E-state index contributed by atoms with van der Waals surface area (Å²) < 4.78 is 0. The predicted molar refractivity (Wildman–Crippen MR) is 73.8 cm³/mol. The summed E-state index contributed by atoms with van der Waals surface area (Å²) in [5.41, 5.74) is 1.26. The highest BCUT2D eigenvalue weighted by atomic mass is 32.2. The van der Waals surface area contributed by atoms with Gasteiger partial charge in [-0.1, -0.05) is 19.1 Å². The Morgan fingerprint density at radius 2 is 2.06 bits per heavy atom. The minimum absolute atomic E-state index is 0.213. The van der Waals surface area contributed by atoms with E-state index in [2.05, 4.69) is 35.4 Å². The molecule has 2 atom stereocenters. The molecular weight excluding hydrogens is 246 g/mol. The maximum atomic E-state index is 11.1. The molecule has 1 N–H and O–H groups in total. The lowest BCUT2D eigenvalue weighted by molar-refractivity contribution is -0.142. The van der Waals surface area contributed by atoms with Crippen molar-refractivity contribution in [2.24, 2.45) is 11.8 Å². The number of carbonyl (C=O) groups is 1. The molecule has 0 unspecified atom stereocenters. The number of thioether (sulfide) groups is 1. The number of hydrogen-bond acceptors (Lipinski definition) is 3. The number of rotatable bonds is 4. The Balaban J connectivity index is 1.96.